The Morgan fingerprint density at radius 3 is 1.27 bits per heavy atom. The highest BCUT2D eigenvalue weighted by atomic mass is 32.2. The molecule has 7 rings (SSSR count). The number of hydrazone groups is 2. The number of benzene rings is 2. The van der Waals surface area contributed by atoms with E-state index in [-0.39, 0.29) is 126 Å². The van der Waals surface area contributed by atoms with Crippen LogP contribution in [-0.2, 0) is 52.7 Å². The standard InChI is InChI=1S/C16H25NO4.2C13H14N2O3.2C9H11N3O.C5H10N2OS/c1-12-11-15(20)17(16(12)21)10-9-14(19)8-6-4-3-5-7-13(2)18;2*1-8-7-12(17)15(13(8)18)11-5-3-10(4-6-11)14-9(2)16;2*1-3-11-12-9-5-4-8(6-10-9)7(2)13;1-6-7-5(8)3-4-9-2/h12H,3-11H2,1-2H3;2*3-6,8H,7H2,1-2H3,(H,14,16);2*3-6H,1-2H3,(H,10,12);3-4H2,1-2H3/b;;;2*11-3+;. The van der Waals surface area contributed by atoms with Crippen molar-refractivity contribution in [1.82, 2.24) is 14.9 Å². The van der Waals surface area contributed by atoms with Gasteiger partial charge in [-0.3, -0.25) is 83.1 Å². The Bertz CT molecular complexity index is 3100. The van der Waals surface area contributed by atoms with E-state index >= 15 is 0 Å². The molecule has 3 atom stereocenters. The molecule has 0 aliphatic carbocycles. The van der Waals surface area contributed by atoms with Gasteiger partial charge in [0.2, 0.25) is 47.3 Å². The Morgan fingerprint density at radius 2 is 0.957 bits per heavy atom. The highest BCUT2D eigenvalue weighted by Crippen LogP contribution is 2.29. The lowest BCUT2D eigenvalue weighted by Crippen LogP contribution is -2.32. The number of likely N-dealkylation sites (tertiary alicyclic amines) is 1. The summed E-state index contributed by atoms with van der Waals surface area (Å²) in [7, 11) is 1.50. The van der Waals surface area contributed by atoms with Gasteiger partial charge in [0.05, 0.1) is 11.4 Å². The molecule has 3 fully saturated rings. The lowest BCUT2D eigenvalue weighted by molar-refractivity contribution is -0.140. The summed E-state index contributed by atoms with van der Waals surface area (Å²) in [5.41, 5.74) is 8.99. The topological polar surface area (TPSA) is 355 Å². The van der Waals surface area contributed by atoms with E-state index in [0.717, 1.165) is 31.4 Å². The van der Waals surface area contributed by atoms with Gasteiger partial charge >= 0.3 is 0 Å². The van der Waals surface area contributed by atoms with Crippen LogP contribution in [0.2, 0.25) is 0 Å². The molecule has 0 saturated carbocycles. The summed E-state index contributed by atoms with van der Waals surface area (Å²) in [6.45, 7) is 16.5. The predicted octanol–water partition coefficient (Wildman–Crippen LogP) is 10.1. The predicted molar refractivity (Wildman–Crippen MR) is 355 cm³/mol. The fourth-order valence-electron chi connectivity index (χ4n) is 8.35. The second-order valence-corrected chi connectivity index (χ2v) is 22.1. The van der Waals surface area contributed by atoms with Crippen molar-refractivity contribution in [2.24, 2.45) is 38.2 Å². The quantitative estimate of drug-likeness (QED) is 0.0134. The van der Waals surface area contributed by atoms with Crippen molar-refractivity contribution in [3.8, 4) is 0 Å². The number of carbonyl (C=O) groups is 13. The molecule has 3 saturated heterocycles. The number of unbranched alkanes of at least 4 members (excludes halogenated alkanes) is 3. The van der Waals surface area contributed by atoms with Crippen molar-refractivity contribution < 1.29 is 62.3 Å². The summed E-state index contributed by atoms with van der Waals surface area (Å²) < 4.78 is 0. The second kappa shape index (κ2) is 42.4. The van der Waals surface area contributed by atoms with Crippen molar-refractivity contribution in [1.29, 1.82) is 0 Å². The Morgan fingerprint density at radius 1 is 0.543 bits per heavy atom. The first kappa shape index (κ1) is 78.4. The molecule has 3 aliphatic rings. The zero-order valence-electron chi connectivity index (χ0n) is 54.4. The smallest absolute Gasteiger partial charge is 0.265 e. The number of Topliss-reactive ketones (excluding diaryl/α,β-unsaturated/α-hetero) is 4. The van der Waals surface area contributed by atoms with E-state index in [9.17, 15) is 62.3 Å². The number of hydrogen-bond acceptors (Lipinski definition) is 21. The summed E-state index contributed by atoms with van der Waals surface area (Å²) in [6, 6.07) is 20.1. The number of anilines is 6. The van der Waals surface area contributed by atoms with Gasteiger partial charge < -0.3 is 15.4 Å². The van der Waals surface area contributed by atoms with E-state index in [1.165, 1.54) is 61.8 Å². The van der Waals surface area contributed by atoms with Crippen molar-refractivity contribution in [3.05, 3.63) is 96.3 Å². The molecule has 3 unspecified atom stereocenters. The van der Waals surface area contributed by atoms with Crippen LogP contribution in [0, 0.1) is 17.8 Å². The van der Waals surface area contributed by atoms with Gasteiger partial charge in [0.25, 0.3) is 5.91 Å². The first-order chi connectivity index (χ1) is 43.7. The summed E-state index contributed by atoms with van der Waals surface area (Å²) in [4.78, 5) is 158. The van der Waals surface area contributed by atoms with E-state index in [4.69, 9.17) is 0 Å². The summed E-state index contributed by atoms with van der Waals surface area (Å²) in [5.74, 6) is 0.179. The number of pyridine rings is 2. The number of imide groups is 3. The first-order valence-electron chi connectivity index (χ1n) is 29.7. The van der Waals surface area contributed by atoms with Crippen LogP contribution < -0.4 is 31.3 Å². The van der Waals surface area contributed by atoms with Crippen LogP contribution in [0.4, 0.5) is 34.4 Å². The fraction of sp³-hybridized carbons (Fsp3) is 0.431. The van der Waals surface area contributed by atoms with Gasteiger partial charge in [-0.1, -0.05) is 33.6 Å². The molecule has 494 valence electrons. The molecule has 26 nitrogen and oxygen atoms in total. The Kier molecular flexibility index (Phi) is 36.1. The lowest BCUT2D eigenvalue weighted by atomic mass is 10.1. The Balaban J connectivity index is 0.000000383. The van der Waals surface area contributed by atoms with Crippen LogP contribution in [0.3, 0.4) is 0 Å². The largest absolute Gasteiger partial charge is 0.326 e. The third-order valence-corrected chi connectivity index (χ3v) is 13.8. The maximum atomic E-state index is 11.8. The van der Waals surface area contributed by atoms with Crippen molar-refractivity contribution in [3.63, 3.8) is 0 Å². The van der Waals surface area contributed by atoms with Crippen LogP contribution in [-0.4, -0.2) is 129 Å². The van der Waals surface area contributed by atoms with Gasteiger partial charge in [-0.15, -0.1) is 5.11 Å². The minimum Gasteiger partial charge on any atom is -0.326 e. The van der Waals surface area contributed by atoms with E-state index in [2.05, 4.69) is 51.9 Å². The molecule has 2 aromatic heterocycles. The van der Waals surface area contributed by atoms with E-state index in [1.807, 2.05) is 6.26 Å². The number of aromatic nitrogens is 2. The van der Waals surface area contributed by atoms with Gasteiger partial charge in [0.15, 0.2) is 11.6 Å². The Hall–Kier alpha value is -9.66. The van der Waals surface area contributed by atoms with E-state index in [0.29, 0.717) is 64.8 Å². The molecule has 27 heteroatoms. The number of azo groups is 1. The maximum absolute atomic E-state index is 11.8. The van der Waals surface area contributed by atoms with Crippen LogP contribution in [0.25, 0.3) is 0 Å². The third-order valence-electron chi connectivity index (χ3n) is 13.1. The van der Waals surface area contributed by atoms with Gasteiger partial charge in [0, 0.05) is 143 Å². The van der Waals surface area contributed by atoms with Crippen LogP contribution in [0.15, 0.2) is 106 Å². The summed E-state index contributed by atoms with van der Waals surface area (Å²) in [6.07, 6.45) is 14.5. The molecule has 4 aromatic rings. The number of rotatable bonds is 23. The number of nitrogens with one attached hydrogen (secondary N) is 4. The van der Waals surface area contributed by atoms with Crippen molar-refractivity contribution >= 4 is 135 Å². The Labute approximate surface area is 541 Å². The van der Waals surface area contributed by atoms with Gasteiger partial charge in [0.1, 0.15) is 23.2 Å². The molecule has 2 aromatic carbocycles. The molecular weight excluding hydrogens is 1200 g/mol. The maximum Gasteiger partial charge on any atom is 0.265 e. The van der Waals surface area contributed by atoms with Crippen LogP contribution in [0.1, 0.15) is 161 Å². The molecule has 0 spiro atoms. The first-order valence-corrected chi connectivity index (χ1v) is 31.1. The number of thioether (sulfide) groups is 1. The van der Waals surface area contributed by atoms with E-state index < -0.39 is 0 Å². The molecule has 3 aliphatic heterocycles. The average Bonchev–Trinajstić information content (AvgIpc) is 1.68. The zero-order valence-corrected chi connectivity index (χ0v) is 55.2. The lowest BCUT2D eigenvalue weighted by Gasteiger charge is -2.14. The minimum atomic E-state index is -0.257. The second-order valence-electron chi connectivity index (χ2n) is 21.1. The monoisotopic (exact) mass is 1290 g/mol. The van der Waals surface area contributed by atoms with Gasteiger partial charge in [-0.05, 0) is 127 Å². The highest BCUT2D eigenvalue weighted by Gasteiger charge is 2.38. The number of amides is 9. The molecule has 0 radical (unpaired) electrons. The number of nitrogens with zero attached hydrogens (tertiary/aromatic N) is 9. The van der Waals surface area contributed by atoms with Gasteiger partial charge in [-0.2, -0.15) is 27.1 Å². The summed E-state index contributed by atoms with van der Waals surface area (Å²) in [5, 5.41) is 19.5. The van der Waals surface area contributed by atoms with Gasteiger partial charge in [-0.25, -0.2) is 9.97 Å². The average molecular weight is 1290 g/mol. The third kappa shape index (κ3) is 29.3. The molecule has 9 amide bonds. The van der Waals surface area contributed by atoms with E-state index in [1.54, 1.807) is 139 Å². The fourth-order valence-corrected chi connectivity index (χ4v) is 8.73. The zero-order chi connectivity index (χ0) is 68.9. The normalized spacial score (nSPS) is 15.7. The molecule has 4 N–H and O–H groups in total. The molecular formula is C65H85N13O13S. The van der Waals surface area contributed by atoms with Crippen LogP contribution in [0.5, 0.6) is 0 Å². The molecule has 92 heavy (non-hydrogen) atoms. The number of carbonyl (C=O) groups excluding carboxylic acids is 13. The SMILES string of the molecule is C/C=N/Nc1ccc(C(C)=O)cn1.C/C=N/Nc1ccc(C(C)=O)cn1.CC(=O)CCCCCCC(=O)CCN1C(=O)CC(C)C1=O.CC(=O)Nc1ccc(N2C(=O)CC(C)C2=O)cc1.CC(=O)Nc1ccc(N2C(=O)CC(C)C2=O)cc1.CN=NC(=O)CCSC. The molecule has 5 heterocycles. The minimum absolute atomic E-state index is 0.0121. The van der Waals surface area contributed by atoms with Crippen molar-refractivity contribution in [2.75, 3.05) is 56.9 Å². The van der Waals surface area contributed by atoms with Crippen LogP contribution >= 0.6 is 11.8 Å². The molecule has 0 bridgehead atoms. The number of hydrogen-bond donors (Lipinski definition) is 4. The summed E-state index contributed by atoms with van der Waals surface area (Å²) >= 11 is 1.63. The number of ketones is 4. The highest BCUT2D eigenvalue weighted by molar-refractivity contribution is 7.98. The van der Waals surface area contributed by atoms with Crippen molar-refractivity contribution in [2.45, 2.75) is 140 Å².